The van der Waals surface area contributed by atoms with Gasteiger partial charge in [-0.15, -0.1) is 0 Å². The van der Waals surface area contributed by atoms with Crippen LogP contribution in [0.4, 0.5) is 0 Å². The number of ether oxygens (including phenoxy) is 1. The smallest absolute Gasteiger partial charge is 0.343 e. The van der Waals surface area contributed by atoms with Gasteiger partial charge in [-0.3, -0.25) is 0 Å². The summed E-state index contributed by atoms with van der Waals surface area (Å²) in [6, 6.07) is 8.86. The summed E-state index contributed by atoms with van der Waals surface area (Å²) in [5.41, 5.74) is 0.526. The quantitative estimate of drug-likeness (QED) is 0.580. The predicted octanol–water partition coefficient (Wildman–Crippen LogP) is 2.97. The molecule has 0 atom stereocenters. The van der Waals surface area contributed by atoms with Crippen LogP contribution in [0, 0.1) is 0 Å². The summed E-state index contributed by atoms with van der Waals surface area (Å²) in [5.74, 6) is 0.0636. The summed E-state index contributed by atoms with van der Waals surface area (Å²) in [6.45, 7) is 0. The third-order valence-electron chi connectivity index (χ3n) is 1.86. The van der Waals surface area contributed by atoms with Crippen molar-refractivity contribution in [3.05, 3.63) is 59.2 Å². The number of carbonyl (C=O) groups excluding carboxylic acids is 1. The van der Waals surface area contributed by atoms with Gasteiger partial charge in [-0.2, -0.15) is 0 Å². The van der Waals surface area contributed by atoms with Crippen molar-refractivity contribution in [1.82, 2.24) is 0 Å². The Labute approximate surface area is 97.7 Å². The third-order valence-corrected chi connectivity index (χ3v) is 2.37. The van der Waals surface area contributed by atoms with Gasteiger partial charge in [-0.05, 0) is 23.6 Å². The second-order valence-corrected chi connectivity index (χ2v) is 3.69. The van der Waals surface area contributed by atoms with Crippen LogP contribution in [0.5, 0.6) is 0 Å². The molecule has 0 saturated heterocycles. The van der Waals surface area contributed by atoms with Crippen LogP contribution in [0.2, 0.25) is 0 Å². The molecule has 0 aliphatic carbocycles. The lowest BCUT2D eigenvalue weighted by Gasteiger charge is -2.02. The molecule has 1 aromatic rings. The molecule has 0 saturated carbocycles. The van der Waals surface area contributed by atoms with E-state index in [9.17, 15) is 4.79 Å². The molecule has 1 aliphatic heterocycles. The van der Waals surface area contributed by atoms with E-state index in [4.69, 9.17) is 4.74 Å². The van der Waals surface area contributed by atoms with Gasteiger partial charge in [0.2, 0.25) is 0 Å². The minimum Gasteiger partial charge on any atom is -0.421 e. The first-order chi connectivity index (χ1) is 7.86. The van der Waals surface area contributed by atoms with E-state index in [1.165, 1.54) is 18.2 Å². The Kier molecular flexibility index (Phi) is 3.56. The molecule has 0 unspecified atom stereocenters. The fourth-order valence-electron chi connectivity index (χ4n) is 1.13. The van der Waals surface area contributed by atoms with Crippen LogP contribution < -0.4 is 0 Å². The Bertz CT molecular complexity index is 463. The van der Waals surface area contributed by atoms with E-state index in [0.717, 1.165) is 0 Å². The molecule has 1 aliphatic rings. The molecular formula is C12H9NO2S. The van der Waals surface area contributed by atoms with Crippen LogP contribution in [-0.2, 0) is 4.74 Å². The molecule has 4 heteroatoms. The summed E-state index contributed by atoms with van der Waals surface area (Å²) in [6.07, 6.45) is 5.00. The highest BCUT2D eigenvalue weighted by Crippen LogP contribution is 2.11. The Morgan fingerprint density at radius 3 is 2.88 bits per heavy atom. The molecule has 0 radical (unpaired) electrons. The van der Waals surface area contributed by atoms with Crippen LogP contribution in [0.25, 0.3) is 0 Å². The lowest BCUT2D eigenvalue weighted by molar-refractivity contribution is 0.0646. The normalized spacial score (nSPS) is 14.1. The zero-order chi connectivity index (χ0) is 11.2. The highest BCUT2D eigenvalue weighted by Gasteiger charge is 2.08. The van der Waals surface area contributed by atoms with E-state index in [1.54, 1.807) is 41.8 Å². The lowest BCUT2D eigenvalue weighted by atomic mass is 10.2. The minimum atomic E-state index is -0.376. The fourth-order valence-corrected chi connectivity index (χ4v) is 1.51. The summed E-state index contributed by atoms with van der Waals surface area (Å²) < 4.78 is 9.12. The standard InChI is InChI=1S/C12H9NO2S/c14-12(10-5-2-1-3-6-10)15-11-7-4-8-16-13-9-11/h1-9H. The average Bonchev–Trinajstić information content (AvgIpc) is 2.59. The molecule has 2 rings (SSSR count). The first-order valence-electron chi connectivity index (χ1n) is 4.69. The second-order valence-electron chi connectivity index (χ2n) is 2.99. The number of allylic oxidation sites excluding steroid dienone is 3. The molecule has 3 nitrogen and oxygen atoms in total. The highest BCUT2D eigenvalue weighted by molar-refractivity contribution is 8.01. The molecule has 0 spiro atoms. The summed E-state index contributed by atoms with van der Waals surface area (Å²) in [5, 5.41) is 1.81. The first-order valence-corrected chi connectivity index (χ1v) is 5.53. The summed E-state index contributed by atoms with van der Waals surface area (Å²) in [7, 11) is 0. The van der Waals surface area contributed by atoms with Gasteiger partial charge < -0.3 is 4.74 Å². The number of hydrogen-bond acceptors (Lipinski definition) is 4. The van der Waals surface area contributed by atoms with Crippen molar-refractivity contribution < 1.29 is 9.53 Å². The van der Waals surface area contributed by atoms with Crippen LogP contribution >= 0.6 is 11.9 Å². The van der Waals surface area contributed by atoms with Gasteiger partial charge in [0, 0.05) is 11.9 Å². The molecule has 0 N–H and O–H groups in total. The molecular weight excluding hydrogens is 222 g/mol. The minimum absolute atomic E-state index is 0.376. The highest BCUT2D eigenvalue weighted by atomic mass is 32.2. The molecule has 80 valence electrons. The van der Waals surface area contributed by atoms with Gasteiger partial charge in [0.1, 0.15) is 5.76 Å². The van der Waals surface area contributed by atoms with Crippen LogP contribution in [0.1, 0.15) is 10.4 Å². The van der Waals surface area contributed by atoms with E-state index in [2.05, 4.69) is 4.40 Å². The van der Waals surface area contributed by atoms with E-state index in [-0.39, 0.29) is 5.97 Å². The van der Waals surface area contributed by atoms with E-state index in [0.29, 0.717) is 11.3 Å². The fraction of sp³-hybridized carbons (Fsp3) is 0. The Morgan fingerprint density at radius 2 is 2.06 bits per heavy atom. The number of carbonyl (C=O) groups is 1. The van der Waals surface area contributed by atoms with E-state index < -0.39 is 0 Å². The third kappa shape index (κ3) is 2.84. The molecule has 0 amide bonds. The molecule has 1 heterocycles. The Balaban J connectivity index is 2.08. The average molecular weight is 231 g/mol. The molecule has 0 aromatic heterocycles. The first kappa shape index (κ1) is 10.7. The summed E-state index contributed by atoms with van der Waals surface area (Å²) in [4.78, 5) is 11.7. The number of rotatable bonds is 2. The Morgan fingerprint density at radius 1 is 1.25 bits per heavy atom. The number of nitrogens with zero attached hydrogens (tertiary/aromatic N) is 1. The van der Waals surface area contributed by atoms with Gasteiger partial charge in [0.15, 0.2) is 0 Å². The van der Waals surface area contributed by atoms with Gasteiger partial charge >= 0.3 is 5.97 Å². The van der Waals surface area contributed by atoms with Crippen molar-refractivity contribution in [3.63, 3.8) is 0 Å². The van der Waals surface area contributed by atoms with E-state index in [1.807, 2.05) is 6.07 Å². The van der Waals surface area contributed by atoms with Gasteiger partial charge in [0.25, 0.3) is 0 Å². The predicted molar refractivity (Wildman–Crippen MR) is 65.2 cm³/mol. The second kappa shape index (κ2) is 5.32. The van der Waals surface area contributed by atoms with Gasteiger partial charge in [0.05, 0.1) is 11.8 Å². The topological polar surface area (TPSA) is 38.7 Å². The maximum absolute atomic E-state index is 11.7. The number of esters is 1. The van der Waals surface area contributed by atoms with Crippen LogP contribution in [0.3, 0.4) is 0 Å². The largest absolute Gasteiger partial charge is 0.421 e. The Hall–Kier alpha value is -1.81. The molecule has 1 aromatic carbocycles. The zero-order valence-corrected chi connectivity index (χ0v) is 9.18. The molecule has 16 heavy (non-hydrogen) atoms. The van der Waals surface area contributed by atoms with Gasteiger partial charge in [-0.1, -0.05) is 24.3 Å². The lowest BCUT2D eigenvalue weighted by Crippen LogP contribution is -2.05. The SMILES string of the molecule is O=C(OC1=CC=CSN=C1)c1ccccc1. The van der Waals surface area contributed by atoms with Crippen molar-refractivity contribution in [2.45, 2.75) is 0 Å². The maximum Gasteiger partial charge on any atom is 0.343 e. The monoisotopic (exact) mass is 231 g/mol. The van der Waals surface area contributed by atoms with Crippen molar-refractivity contribution in [2.24, 2.45) is 4.40 Å². The number of hydrogen-bond donors (Lipinski definition) is 0. The molecule has 0 bridgehead atoms. The van der Waals surface area contributed by atoms with Crippen molar-refractivity contribution in [3.8, 4) is 0 Å². The van der Waals surface area contributed by atoms with Gasteiger partial charge in [-0.25, -0.2) is 9.19 Å². The molecule has 0 fully saturated rings. The number of benzene rings is 1. The van der Waals surface area contributed by atoms with Crippen molar-refractivity contribution in [1.29, 1.82) is 0 Å². The van der Waals surface area contributed by atoms with Crippen LogP contribution in [-0.4, -0.2) is 12.2 Å². The zero-order valence-electron chi connectivity index (χ0n) is 8.37. The maximum atomic E-state index is 11.7. The van der Waals surface area contributed by atoms with Crippen molar-refractivity contribution >= 4 is 24.1 Å². The van der Waals surface area contributed by atoms with Crippen LogP contribution in [0.15, 0.2) is 58.0 Å². The van der Waals surface area contributed by atoms with Crippen molar-refractivity contribution in [2.75, 3.05) is 0 Å². The summed E-state index contributed by atoms with van der Waals surface area (Å²) >= 11 is 1.29. The van der Waals surface area contributed by atoms with E-state index >= 15 is 0 Å².